The molecule has 5 atom stereocenters. The molecule has 1 amide bonds. The van der Waals surface area contributed by atoms with Gasteiger partial charge < -0.3 is 34.3 Å². The molecule has 4 rings (SSSR count). The molecule has 0 aromatic heterocycles. The second kappa shape index (κ2) is 12.4. The Kier molecular flexibility index (Phi) is 9.61. The number of ether oxygens (including phenoxy) is 5. The fraction of sp³-hybridized carbons (Fsp3) is 0.767. The van der Waals surface area contributed by atoms with E-state index in [4.69, 9.17) is 23.7 Å². The SMILES string of the molecule is CC(C)N(CCNC(=O)CCCc1ccc(NC2OC(C3COC(C)(C)O3)[C@@H]3OC(C)(C)O[C@H]23)cc1)C(C)C. The van der Waals surface area contributed by atoms with Crippen LogP contribution < -0.4 is 10.6 Å². The molecule has 3 unspecified atom stereocenters. The van der Waals surface area contributed by atoms with Crippen molar-refractivity contribution in [3.05, 3.63) is 29.8 Å². The van der Waals surface area contributed by atoms with Crippen LogP contribution in [0.2, 0.25) is 0 Å². The van der Waals surface area contributed by atoms with Crippen molar-refractivity contribution < 1.29 is 28.5 Å². The molecule has 3 fully saturated rings. The van der Waals surface area contributed by atoms with Crippen molar-refractivity contribution >= 4 is 11.6 Å². The van der Waals surface area contributed by atoms with E-state index in [9.17, 15) is 4.79 Å². The minimum atomic E-state index is -0.690. The first-order chi connectivity index (χ1) is 18.3. The van der Waals surface area contributed by atoms with E-state index in [1.807, 2.05) is 39.8 Å². The quantitative estimate of drug-likeness (QED) is 0.405. The first kappa shape index (κ1) is 30.2. The molecule has 2 N–H and O–H groups in total. The highest BCUT2D eigenvalue weighted by Gasteiger charge is 2.59. The number of fused-ring (bicyclic) bond motifs is 1. The Labute approximate surface area is 234 Å². The number of carbonyl (C=O) groups excluding carboxylic acids is 1. The Balaban J connectivity index is 1.23. The number of aryl methyl sites for hydroxylation is 1. The Morgan fingerprint density at radius 1 is 0.949 bits per heavy atom. The van der Waals surface area contributed by atoms with Gasteiger partial charge in [0.15, 0.2) is 17.8 Å². The van der Waals surface area contributed by atoms with Crippen LogP contribution in [0.3, 0.4) is 0 Å². The fourth-order valence-corrected chi connectivity index (χ4v) is 5.83. The predicted molar refractivity (Wildman–Crippen MR) is 150 cm³/mol. The lowest BCUT2D eigenvalue weighted by molar-refractivity contribution is -0.203. The summed E-state index contributed by atoms with van der Waals surface area (Å²) in [7, 11) is 0. The highest BCUT2D eigenvalue weighted by atomic mass is 16.8. The van der Waals surface area contributed by atoms with Crippen LogP contribution in [0.4, 0.5) is 5.69 Å². The number of hydrogen-bond donors (Lipinski definition) is 2. The van der Waals surface area contributed by atoms with E-state index in [1.165, 1.54) is 5.56 Å². The van der Waals surface area contributed by atoms with Crippen LogP contribution >= 0.6 is 0 Å². The zero-order chi connectivity index (χ0) is 28.4. The van der Waals surface area contributed by atoms with E-state index in [1.54, 1.807) is 0 Å². The average Bonchev–Trinajstić information content (AvgIpc) is 3.47. The number of rotatable bonds is 12. The third-order valence-electron chi connectivity index (χ3n) is 7.64. The zero-order valence-electron chi connectivity index (χ0n) is 25.0. The number of nitrogens with zero attached hydrogens (tertiary/aromatic N) is 1. The van der Waals surface area contributed by atoms with Crippen LogP contribution in [-0.2, 0) is 34.9 Å². The van der Waals surface area contributed by atoms with Crippen molar-refractivity contribution in [2.45, 2.75) is 129 Å². The van der Waals surface area contributed by atoms with Crippen molar-refractivity contribution in [2.75, 3.05) is 25.0 Å². The smallest absolute Gasteiger partial charge is 0.220 e. The maximum absolute atomic E-state index is 12.3. The average molecular weight is 548 g/mol. The second-order valence-corrected chi connectivity index (χ2v) is 12.4. The van der Waals surface area contributed by atoms with Crippen LogP contribution in [0.15, 0.2) is 24.3 Å². The Morgan fingerprint density at radius 2 is 1.62 bits per heavy atom. The van der Waals surface area contributed by atoms with E-state index >= 15 is 0 Å². The second-order valence-electron chi connectivity index (χ2n) is 12.4. The van der Waals surface area contributed by atoms with Gasteiger partial charge in [-0.2, -0.15) is 0 Å². The molecule has 9 nitrogen and oxygen atoms in total. The molecule has 3 aliphatic heterocycles. The molecule has 1 aromatic rings. The number of amides is 1. The van der Waals surface area contributed by atoms with Gasteiger partial charge in [0.05, 0.1) is 6.61 Å². The predicted octanol–water partition coefficient (Wildman–Crippen LogP) is 4.05. The van der Waals surface area contributed by atoms with Crippen molar-refractivity contribution in [1.29, 1.82) is 0 Å². The highest BCUT2D eigenvalue weighted by Crippen LogP contribution is 2.42. The molecule has 0 saturated carbocycles. The topological polar surface area (TPSA) is 90.5 Å². The van der Waals surface area contributed by atoms with Gasteiger partial charge in [-0.25, -0.2) is 0 Å². The van der Waals surface area contributed by atoms with Gasteiger partial charge in [0.1, 0.15) is 24.4 Å². The van der Waals surface area contributed by atoms with E-state index in [2.05, 4.69) is 55.4 Å². The normalized spacial score (nSPS) is 29.4. The van der Waals surface area contributed by atoms with Crippen LogP contribution in [0.1, 0.15) is 73.8 Å². The lowest BCUT2D eigenvalue weighted by atomic mass is 10.1. The molecule has 0 aliphatic carbocycles. The summed E-state index contributed by atoms with van der Waals surface area (Å²) < 4.78 is 30.7. The fourth-order valence-electron chi connectivity index (χ4n) is 5.83. The van der Waals surface area contributed by atoms with Crippen LogP contribution in [-0.4, -0.2) is 84.8 Å². The standard InChI is InChI=1S/C30H49N3O6/c1-19(2)33(20(3)4)17-16-31-24(34)11-9-10-21-12-14-22(15-13-21)32-28-27-26(38-30(7,8)39-27)25(36-28)23-18-35-29(5,6)37-23/h12-15,19-20,23,25-28,32H,9-11,16-18H2,1-8H3,(H,31,34)/t23?,25?,26-,27-,28?/m0/s1. The van der Waals surface area contributed by atoms with E-state index < -0.39 is 11.6 Å². The Morgan fingerprint density at radius 3 is 2.23 bits per heavy atom. The van der Waals surface area contributed by atoms with Crippen LogP contribution in [0.5, 0.6) is 0 Å². The van der Waals surface area contributed by atoms with Crippen LogP contribution in [0, 0.1) is 0 Å². The molecule has 39 heavy (non-hydrogen) atoms. The summed E-state index contributed by atoms with van der Waals surface area (Å²) in [6, 6.07) is 9.23. The van der Waals surface area contributed by atoms with E-state index in [0.29, 0.717) is 31.7 Å². The number of benzene rings is 1. The molecule has 3 aliphatic rings. The molecule has 0 spiro atoms. The lowest BCUT2D eigenvalue weighted by Gasteiger charge is -2.30. The first-order valence-electron chi connectivity index (χ1n) is 14.5. The molecule has 0 radical (unpaired) electrons. The van der Waals surface area contributed by atoms with Gasteiger partial charge in [-0.15, -0.1) is 0 Å². The van der Waals surface area contributed by atoms with Gasteiger partial charge in [0, 0.05) is 37.3 Å². The Bertz CT molecular complexity index is 943. The summed E-state index contributed by atoms with van der Waals surface area (Å²) in [4.78, 5) is 14.7. The van der Waals surface area contributed by atoms with Gasteiger partial charge in [-0.1, -0.05) is 12.1 Å². The first-order valence-corrected chi connectivity index (χ1v) is 14.5. The molecule has 3 heterocycles. The summed E-state index contributed by atoms with van der Waals surface area (Å²) in [6.07, 6.45) is 0.804. The largest absolute Gasteiger partial charge is 0.358 e. The summed E-state index contributed by atoms with van der Waals surface area (Å²) >= 11 is 0. The minimum Gasteiger partial charge on any atom is -0.358 e. The number of hydrogen-bond acceptors (Lipinski definition) is 8. The van der Waals surface area contributed by atoms with Crippen molar-refractivity contribution in [2.24, 2.45) is 0 Å². The maximum atomic E-state index is 12.3. The monoisotopic (exact) mass is 547 g/mol. The molecule has 9 heteroatoms. The van der Waals surface area contributed by atoms with Crippen molar-refractivity contribution in [3.8, 4) is 0 Å². The van der Waals surface area contributed by atoms with Crippen LogP contribution in [0.25, 0.3) is 0 Å². The molecule has 1 aromatic carbocycles. The summed E-state index contributed by atoms with van der Waals surface area (Å²) in [5.74, 6) is -1.21. The molecule has 220 valence electrons. The third-order valence-corrected chi connectivity index (χ3v) is 7.64. The van der Waals surface area contributed by atoms with Crippen molar-refractivity contribution in [3.63, 3.8) is 0 Å². The minimum absolute atomic E-state index is 0.116. The zero-order valence-corrected chi connectivity index (χ0v) is 25.0. The molecular weight excluding hydrogens is 498 g/mol. The molecule has 3 saturated heterocycles. The highest BCUT2D eigenvalue weighted by molar-refractivity contribution is 5.75. The third kappa shape index (κ3) is 7.93. The molecular formula is C30H49N3O6. The van der Waals surface area contributed by atoms with Gasteiger partial charge >= 0.3 is 0 Å². The lowest BCUT2D eigenvalue weighted by Crippen LogP contribution is -2.42. The van der Waals surface area contributed by atoms with Gasteiger partial charge in [0.25, 0.3) is 0 Å². The van der Waals surface area contributed by atoms with E-state index in [0.717, 1.165) is 25.1 Å². The van der Waals surface area contributed by atoms with Gasteiger partial charge in [0.2, 0.25) is 5.91 Å². The van der Waals surface area contributed by atoms with E-state index in [-0.39, 0.29) is 36.6 Å². The summed E-state index contributed by atoms with van der Waals surface area (Å²) in [6.45, 7) is 18.4. The van der Waals surface area contributed by atoms with Gasteiger partial charge in [-0.3, -0.25) is 9.69 Å². The van der Waals surface area contributed by atoms with Gasteiger partial charge in [-0.05, 0) is 85.9 Å². The summed E-state index contributed by atoms with van der Waals surface area (Å²) in [5, 5.41) is 6.55. The Hall–Kier alpha value is -1.75. The number of anilines is 1. The maximum Gasteiger partial charge on any atom is 0.220 e. The number of carbonyl (C=O) groups is 1. The van der Waals surface area contributed by atoms with Crippen molar-refractivity contribution in [1.82, 2.24) is 10.2 Å². The molecule has 0 bridgehead atoms. The summed E-state index contributed by atoms with van der Waals surface area (Å²) in [5.41, 5.74) is 2.14. The number of nitrogens with one attached hydrogen (secondary N) is 2.